The fourth-order valence-corrected chi connectivity index (χ4v) is 3.63. The van der Waals surface area contributed by atoms with Crippen molar-refractivity contribution in [2.24, 2.45) is 0 Å². The van der Waals surface area contributed by atoms with E-state index in [1.165, 1.54) is 23.9 Å². The highest BCUT2D eigenvalue weighted by molar-refractivity contribution is 7.99. The molecule has 2 aromatic rings. The van der Waals surface area contributed by atoms with Gasteiger partial charge in [-0.3, -0.25) is 9.69 Å². The molecule has 0 aliphatic rings. The second-order valence-electron chi connectivity index (χ2n) is 5.96. The van der Waals surface area contributed by atoms with E-state index >= 15 is 0 Å². The summed E-state index contributed by atoms with van der Waals surface area (Å²) in [7, 11) is 1.74. The number of rotatable bonds is 8. The first-order valence-corrected chi connectivity index (χ1v) is 8.93. The third kappa shape index (κ3) is 6.38. The Labute approximate surface area is 154 Å². The second kappa shape index (κ2) is 9.09. The van der Waals surface area contributed by atoms with Crippen LogP contribution in [0.3, 0.4) is 0 Å². The summed E-state index contributed by atoms with van der Waals surface area (Å²) in [5.74, 6) is -0.890. The van der Waals surface area contributed by atoms with Crippen molar-refractivity contribution >= 4 is 17.7 Å². The first-order chi connectivity index (χ1) is 12.3. The molecule has 0 spiro atoms. The Hall–Kier alpha value is -1.99. The molecular formula is C19H20F3NO2S. The number of carboxylic acid groups (broad SMARTS) is 1. The zero-order valence-corrected chi connectivity index (χ0v) is 15.1. The predicted molar refractivity (Wildman–Crippen MR) is 96.2 cm³/mol. The molecule has 0 saturated carbocycles. The number of aliphatic carboxylic acids is 1. The van der Waals surface area contributed by atoms with Gasteiger partial charge in [0.25, 0.3) is 0 Å². The van der Waals surface area contributed by atoms with Crippen molar-refractivity contribution in [3.63, 3.8) is 0 Å². The van der Waals surface area contributed by atoms with Crippen molar-refractivity contribution in [2.45, 2.75) is 22.7 Å². The number of benzene rings is 2. The lowest BCUT2D eigenvalue weighted by Crippen LogP contribution is -2.27. The van der Waals surface area contributed by atoms with Crippen LogP contribution in [0.25, 0.3) is 0 Å². The molecular weight excluding hydrogens is 363 g/mol. The molecule has 0 saturated heterocycles. The van der Waals surface area contributed by atoms with Crippen molar-refractivity contribution in [2.75, 3.05) is 20.1 Å². The predicted octanol–water partition coefficient (Wildman–Crippen LogP) is 4.95. The summed E-state index contributed by atoms with van der Waals surface area (Å²) in [5, 5.41) is 8.87. The minimum Gasteiger partial charge on any atom is -0.480 e. The first-order valence-electron chi connectivity index (χ1n) is 8.05. The Morgan fingerprint density at radius 1 is 1.12 bits per heavy atom. The third-order valence-corrected chi connectivity index (χ3v) is 5.15. The average Bonchev–Trinajstić information content (AvgIpc) is 2.58. The third-order valence-electron chi connectivity index (χ3n) is 3.81. The van der Waals surface area contributed by atoms with Gasteiger partial charge in [-0.15, -0.1) is 11.8 Å². The molecule has 26 heavy (non-hydrogen) atoms. The lowest BCUT2D eigenvalue weighted by Gasteiger charge is -2.21. The van der Waals surface area contributed by atoms with E-state index in [1.54, 1.807) is 11.9 Å². The van der Waals surface area contributed by atoms with Gasteiger partial charge in [0.15, 0.2) is 0 Å². The second-order valence-corrected chi connectivity index (χ2v) is 7.24. The van der Waals surface area contributed by atoms with Crippen LogP contribution in [0.5, 0.6) is 0 Å². The number of thioether (sulfide) groups is 1. The van der Waals surface area contributed by atoms with Crippen LogP contribution in [0.15, 0.2) is 59.5 Å². The molecule has 140 valence electrons. The Bertz CT molecular complexity index is 705. The summed E-state index contributed by atoms with van der Waals surface area (Å²) >= 11 is 1.48. The van der Waals surface area contributed by atoms with E-state index in [0.29, 0.717) is 13.0 Å². The highest BCUT2D eigenvalue weighted by Gasteiger charge is 2.30. The van der Waals surface area contributed by atoms with E-state index in [0.717, 1.165) is 22.6 Å². The molecule has 0 heterocycles. The van der Waals surface area contributed by atoms with Crippen LogP contribution in [0.2, 0.25) is 0 Å². The highest BCUT2D eigenvalue weighted by atomic mass is 32.2. The van der Waals surface area contributed by atoms with Crippen LogP contribution < -0.4 is 0 Å². The van der Waals surface area contributed by atoms with Gasteiger partial charge in [-0.25, -0.2) is 0 Å². The normalized spacial score (nSPS) is 13.0. The minimum absolute atomic E-state index is 0.0178. The van der Waals surface area contributed by atoms with Gasteiger partial charge in [0.05, 0.1) is 12.1 Å². The van der Waals surface area contributed by atoms with E-state index in [9.17, 15) is 18.0 Å². The molecule has 0 fully saturated rings. The quantitative estimate of drug-likeness (QED) is 0.655. The molecule has 0 bridgehead atoms. The summed E-state index contributed by atoms with van der Waals surface area (Å²) in [6.45, 7) is 0.520. The highest BCUT2D eigenvalue weighted by Crippen LogP contribution is 2.39. The molecule has 0 aliphatic carbocycles. The van der Waals surface area contributed by atoms with Gasteiger partial charge in [-0.1, -0.05) is 30.3 Å². The number of hydrogen-bond donors (Lipinski definition) is 1. The van der Waals surface area contributed by atoms with Gasteiger partial charge < -0.3 is 5.11 Å². The zero-order valence-electron chi connectivity index (χ0n) is 14.2. The molecule has 0 radical (unpaired) electrons. The zero-order chi connectivity index (χ0) is 19.2. The van der Waals surface area contributed by atoms with Crippen molar-refractivity contribution in [3.05, 3.63) is 65.7 Å². The maximum atomic E-state index is 12.7. The Morgan fingerprint density at radius 2 is 1.73 bits per heavy atom. The maximum Gasteiger partial charge on any atom is 0.416 e. The lowest BCUT2D eigenvalue weighted by atomic mass is 10.1. The molecule has 7 heteroatoms. The number of carbonyl (C=O) groups is 1. The maximum absolute atomic E-state index is 12.7. The number of hydrogen-bond acceptors (Lipinski definition) is 3. The lowest BCUT2D eigenvalue weighted by molar-refractivity contribution is -0.138. The molecule has 0 aromatic heterocycles. The van der Waals surface area contributed by atoms with Crippen LogP contribution >= 0.6 is 11.8 Å². The van der Waals surface area contributed by atoms with Gasteiger partial charge in [-0.2, -0.15) is 13.2 Å². The smallest absolute Gasteiger partial charge is 0.416 e. The van der Waals surface area contributed by atoms with Crippen LogP contribution in [0, 0.1) is 0 Å². The number of likely N-dealkylation sites (N-methyl/N-ethyl adjacent to an activating group) is 1. The monoisotopic (exact) mass is 383 g/mol. The summed E-state index contributed by atoms with van der Waals surface area (Å²) < 4.78 is 38.1. The number of carboxylic acids is 1. The number of halogens is 3. The minimum atomic E-state index is -4.35. The van der Waals surface area contributed by atoms with Crippen LogP contribution in [-0.4, -0.2) is 36.1 Å². The summed E-state index contributed by atoms with van der Waals surface area (Å²) in [5.41, 5.74) is 0.389. The molecule has 1 unspecified atom stereocenters. The Balaban J connectivity index is 2.10. The van der Waals surface area contributed by atoms with E-state index in [1.807, 2.05) is 30.3 Å². The van der Waals surface area contributed by atoms with Gasteiger partial charge in [0.2, 0.25) is 0 Å². The average molecular weight is 383 g/mol. The molecule has 1 N–H and O–H groups in total. The fourth-order valence-electron chi connectivity index (χ4n) is 2.50. The summed E-state index contributed by atoms with van der Waals surface area (Å²) in [6, 6.07) is 14.8. The van der Waals surface area contributed by atoms with E-state index < -0.39 is 17.7 Å². The van der Waals surface area contributed by atoms with Crippen LogP contribution in [0.1, 0.15) is 22.8 Å². The van der Waals surface area contributed by atoms with Gasteiger partial charge in [0.1, 0.15) is 0 Å². The van der Waals surface area contributed by atoms with Crippen molar-refractivity contribution in [1.29, 1.82) is 0 Å². The Kier molecular flexibility index (Phi) is 7.11. The van der Waals surface area contributed by atoms with Gasteiger partial charge in [0, 0.05) is 10.1 Å². The summed E-state index contributed by atoms with van der Waals surface area (Å²) in [6.07, 6.45) is -3.67. The molecule has 0 aliphatic heterocycles. The van der Waals surface area contributed by atoms with E-state index in [2.05, 4.69) is 0 Å². The Morgan fingerprint density at radius 3 is 2.27 bits per heavy atom. The van der Waals surface area contributed by atoms with Crippen LogP contribution in [-0.2, 0) is 11.0 Å². The molecule has 2 rings (SSSR count). The topological polar surface area (TPSA) is 40.5 Å². The molecule has 3 nitrogen and oxygen atoms in total. The van der Waals surface area contributed by atoms with E-state index in [4.69, 9.17) is 5.11 Å². The molecule has 1 atom stereocenters. The van der Waals surface area contributed by atoms with Gasteiger partial charge >= 0.3 is 12.1 Å². The van der Waals surface area contributed by atoms with Crippen molar-refractivity contribution in [1.82, 2.24) is 4.90 Å². The van der Waals surface area contributed by atoms with Gasteiger partial charge in [-0.05, 0) is 49.8 Å². The fraction of sp³-hybridized carbons (Fsp3) is 0.316. The van der Waals surface area contributed by atoms with Crippen molar-refractivity contribution in [3.8, 4) is 0 Å². The number of alkyl halides is 3. The largest absolute Gasteiger partial charge is 0.480 e. The van der Waals surface area contributed by atoms with E-state index in [-0.39, 0.29) is 11.8 Å². The summed E-state index contributed by atoms with van der Waals surface area (Å²) in [4.78, 5) is 13.2. The molecule has 2 aromatic carbocycles. The standard InChI is InChI=1S/C19H20F3NO2S/c1-23(13-18(24)25)12-11-17(14-5-3-2-4-6-14)26-16-9-7-15(8-10-16)19(20,21)22/h2-10,17H,11-13H2,1H3,(H,24,25). The SMILES string of the molecule is CN(CCC(Sc1ccc(C(F)(F)F)cc1)c1ccccc1)CC(=O)O. The first kappa shape index (κ1) is 20.3. The van der Waals surface area contributed by atoms with Crippen LogP contribution in [0.4, 0.5) is 13.2 Å². The van der Waals surface area contributed by atoms with Crippen molar-refractivity contribution < 1.29 is 23.1 Å². The number of nitrogens with zero attached hydrogens (tertiary/aromatic N) is 1. The molecule has 0 amide bonds.